The maximum atomic E-state index is 5.76. The van der Waals surface area contributed by atoms with Crippen molar-refractivity contribution in [3.63, 3.8) is 0 Å². The van der Waals surface area contributed by atoms with E-state index in [9.17, 15) is 0 Å². The predicted octanol–water partition coefficient (Wildman–Crippen LogP) is 2.37. The molecule has 5 rings (SSSR count). The molecule has 1 fully saturated rings. The second kappa shape index (κ2) is 7.51. The SMILES string of the molecule is Cn1cc(CN2CCCC(c3nncn3C)C2)c(-c2ccc3c(c2)OCCO3)n1. The monoisotopic (exact) mass is 394 g/mol. The van der Waals surface area contributed by atoms with Gasteiger partial charge in [-0.15, -0.1) is 10.2 Å². The van der Waals surface area contributed by atoms with E-state index in [2.05, 4.69) is 27.4 Å². The van der Waals surface area contributed by atoms with Crippen molar-refractivity contribution in [1.29, 1.82) is 0 Å². The number of benzene rings is 1. The van der Waals surface area contributed by atoms with Crippen LogP contribution in [0.3, 0.4) is 0 Å². The van der Waals surface area contributed by atoms with Crippen LogP contribution >= 0.6 is 0 Å². The topological polar surface area (TPSA) is 70.2 Å². The highest BCUT2D eigenvalue weighted by atomic mass is 16.6. The maximum absolute atomic E-state index is 5.76. The first-order valence-electron chi connectivity index (χ1n) is 10.2. The molecule has 4 heterocycles. The number of aryl methyl sites for hydroxylation is 2. The van der Waals surface area contributed by atoms with E-state index < -0.39 is 0 Å². The van der Waals surface area contributed by atoms with Crippen LogP contribution in [0.25, 0.3) is 11.3 Å². The van der Waals surface area contributed by atoms with Crippen LogP contribution in [0.2, 0.25) is 0 Å². The maximum Gasteiger partial charge on any atom is 0.162 e. The molecule has 1 saturated heterocycles. The molecule has 8 nitrogen and oxygen atoms in total. The van der Waals surface area contributed by atoms with Gasteiger partial charge in [0.2, 0.25) is 0 Å². The van der Waals surface area contributed by atoms with Crippen molar-refractivity contribution in [2.75, 3.05) is 26.3 Å². The molecule has 29 heavy (non-hydrogen) atoms. The predicted molar refractivity (Wildman–Crippen MR) is 108 cm³/mol. The van der Waals surface area contributed by atoms with Crippen LogP contribution in [0.1, 0.15) is 30.1 Å². The third-order valence-corrected chi connectivity index (χ3v) is 5.73. The molecule has 1 unspecified atom stereocenters. The fourth-order valence-electron chi connectivity index (χ4n) is 4.40. The first-order chi connectivity index (χ1) is 14.2. The van der Waals surface area contributed by atoms with Crippen molar-refractivity contribution in [2.45, 2.75) is 25.3 Å². The molecule has 0 bridgehead atoms. The molecule has 3 aromatic rings. The average Bonchev–Trinajstić information content (AvgIpc) is 3.33. The minimum atomic E-state index is 0.422. The largest absolute Gasteiger partial charge is 0.486 e. The number of rotatable bonds is 4. The molecule has 0 spiro atoms. The minimum Gasteiger partial charge on any atom is -0.486 e. The molecule has 8 heteroatoms. The smallest absolute Gasteiger partial charge is 0.162 e. The molecule has 1 aromatic carbocycles. The van der Waals surface area contributed by atoms with Gasteiger partial charge in [-0.25, -0.2) is 0 Å². The minimum absolute atomic E-state index is 0.422. The van der Waals surface area contributed by atoms with Crippen LogP contribution in [-0.4, -0.2) is 55.7 Å². The van der Waals surface area contributed by atoms with E-state index in [0.717, 1.165) is 61.1 Å². The zero-order valence-corrected chi connectivity index (χ0v) is 16.9. The summed E-state index contributed by atoms with van der Waals surface area (Å²) in [4.78, 5) is 2.50. The second-order valence-corrected chi connectivity index (χ2v) is 7.91. The lowest BCUT2D eigenvalue weighted by Gasteiger charge is -2.32. The van der Waals surface area contributed by atoms with Crippen LogP contribution in [0, 0.1) is 0 Å². The van der Waals surface area contributed by atoms with Crippen LogP contribution in [-0.2, 0) is 20.6 Å². The van der Waals surface area contributed by atoms with E-state index >= 15 is 0 Å². The van der Waals surface area contributed by atoms with Gasteiger partial charge in [0, 0.05) is 50.4 Å². The molecule has 0 aliphatic carbocycles. The number of nitrogens with zero attached hydrogens (tertiary/aromatic N) is 6. The molecule has 2 aliphatic rings. The lowest BCUT2D eigenvalue weighted by molar-refractivity contribution is 0.171. The van der Waals surface area contributed by atoms with E-state index in [-0.39, 0.29) is 0 Å². The van der Waals surface area contributed by atoms with Gasteiger partial charge in [0.15, 0.2) is 11.5 Å². The first kappa shape index (κ1) is 18.2. The Balaban J connectivity index is 1.38. The van der Waals surface area contributed by atoms with Crippen LogP contribution in [0.15, 0.2) is 30.7 Å². The van der Waals surface area contributed by atoms with Crippen molar-refractivity contribution in [2.24, 2.45) is 14.1 Å². The summed E-state index contributed by atoms with van der Waals surface area (Å²) in [5.41, 5.74) is 3.29. The van der Waals surface area contributed by atoms with E-state index in [1.165, 1.54) is 5.56 Å². The Bertz CT molecular complexity index is 1010. The number of hydrogen-bond donors (Lipinski definition) is 0. The van der Waals surface area contributed by atoms with Gasteiger partial charge in [0.1, 0.15) is 25.4 Å². The Hall–Kier alpha value is -2.87. The van der Waals surface area contributed by atoms with Crippen molar-refractivity contribution in [3.8, 4) is 22.8 Å². The number of likely N-dealkylation sites (tertiary alicyclic amines) is 1. The second-order valence-electron chi connectivity index (χ2n) is 7.91. The van der Waals surface area contributed by atoms with E-state index in [4.69, 9.17) is 14.6 Å². The summed E-state index contributed by atoms with van der Waals surface area (Å²) in [7, 11) is 4.00. The number of ether oxygens (including phenoxy) is 2. The third-order valence-electron chi connectivity index (χ3n) is 5.73. The molecule has 152 valence electrons. The van der Waals surface area contributed by atoms with Crippen molar-refractivity contribution in [1.82, 2.24) is 29.4 Å². The number of aromatic nitrogens is 5. The van der Waals surface area contributed by atoms with Crippen molar-refractivity contribution in [3.05, 3.63) is 42.1 Å². The summed E-state index contributed by atoms with van der Waals surface area (Å²) < 4.78 is 15.4. The van der Waals surface area contributed by atoms with E-state index in [1.54, 1.807) is 6.33 Å². The Morgan fingerprint density at radius 1 is 1.14 bits per heavy atom. The summed E-state index contributed by atoms with van der Waals surface area (Å²) in [5, 5.41) is 13.1. The number of hydrogen-bond acceptors (Lipinski definition) is 6. The Morgan fingerprint density at radius 2 is 2.00 bits per heavy atom. The van der Waals surface area contributed by atoms with Crippen LogP contribution in [0.5, 0.6) is 11.5 Å². The quantitative estimate of drug-likeness (QED) is 0.677. The molecular formula is C21H26N6O2. The van der Waals surface area contributed by atoms with Gasteiger partial charge in [-0.05, 0) is 37.6 Å². The van der Waals surface area contributed by atoms with Gasteiger partial charge in [-0.1, -0.05) is 0 Å². The number of piperidine rings is 1. The summed E-state index contributed by atoms with van der Waals surface area (Å²) in [6.45, 7) is 4.13. The van der Waals surface area contributed by atoms with Gasteiger partial charge >= 0.3 is 0 Å². The Kier molecular flexibility index (Phi) is 4.71. The molecule has 0 saturated carbocycles. The van der Waals surface area contributed by atoms with Gasteiger partial charge < -0.3 is 14.0 Å². The molecular weight excluding hydrogens is 368 g/mol. The highest BCUT2D eigenvalue weighted by Gasteiger charge is 2.26. The highest BCUT2D eigenvalue weighted by molar-refractivity contribution is 5.66. The van der Waals surface area contributed by atoms with Crippen LogP contribution < -0.4 is 9.47 Å². The zero-order valence-electron chi connectivity index (χ0n) is 16.9. The molecule has 0 amide bonds. The summed E-state index contributed by atoms with van der Waals surface area (Å²) in [6.07, 6.45) is 6.23. The molecule has 0 N–H and O–H groups in total. The van der Waals surface area contributed by atoms with Crippen molar-refractivity contribution >= 4 is 0 Å². The van der Waals surface area contributed by atoms with Crippen LogP contribution in [0.4, 0.5) is 0 Å². The highest BCUT2D eigenvalue weighted by Crippen LogP contribution is 2.35. The molecule has 2 aliphatic heterocycles. The zero-order chi connectivity index (χ0) is 19.8. The normalized spacial score (nSPS) is 19.4. The summed E-state index contributed by atoms with van der Waals surface area (Å²) >= 11 is 0. The van der Waals surface area contributed by atoms with Gasteiger partial charge in [0.25, 0.3) is 0 Å². The van der Waals surface area contributed by atoms with Crippen molar-refractivity contribution < 1.29 is 9.47 Å². The molecule has 0 radical (unpaired) electrons. The fourth-order valence-corrected chi connectivity index (χ4v) is 4.40. The summed E-state index contributed by atoms with van der Waals surface area (Å²) in [6, 6.07) is 6.09. The molecule has 2 aromatic heterocycles. The van der Waals surface area contributed by atoms with Gasteiger partial charge in [-0.3, -0.25) is 9.58 Å². The first-order valence-corrected chi connectivity index (χ1v) is 10.2. The standard InChI is InChI=1S/C21H26N6O2/c1-25-14-22-23-21(25)16-4-3-7-27(12-16)13-17-11-26(2)24-20(17)15-5-6-18-19(10-15)29-9-8-28-18/h5-6,10-11,14,16H,3-4,7-9,12-13H2,1-2H3. The third kappa shape index (κ3) is 3.60. The lowest BCUT2D eigenvalue weighted by Crippen LogP contribution is -2.34. The lowest BCUT2D eigenvalue weighted by atomic mass is 9.96. The number of fused-ring (bicyclic) bond motifs is 1. The Morgan fingerprint density at radius 3 is 2.83 bits per heavy atom. The molecule has 1 atom stereocenters. The Labute approximate surface area is 170 Å². The summed E-state index contributed by atoms with van der Waals surface area (Å²) in [5.74, 6) is 3.10. The van der Waals surface area contributed by atoms with E-state index in [0.29, 0.717) is 19.1 Å². The average molecular weight is 394 g/mol. The van der Waals surface area contributed by atoms with Gasteiger partial charge in [0.05, 0.1) is 5.69 Å². The fraction of sp³-hybridized carbons (Fsp3) is 0.476. The van der Waals surface area contributed by atoms with E-state index in [1.807, 2.05) is 35.5 Å². The van der Waals surface area contributed by atoms with Gasteiger partial charge in [-0.2, -0.15) is 5.10 Å².